The molecular formula is C26H24N4O3S. The van der Waals surface area contributed by atoms with Crippen molar-refractivity contribution in [2.75, 3.05) is 0 Å². The van der Waals surface area contributed by atoms with E-state index in [1.54, 1.807) is 24.7 Å². The molecule has 0 saturated carbocycles. The van der Waals surface area contributed by atoms with Crippen LogP contribution in [0.5, 0.6) is 0 Å². The Morgan fingerprint density at radius 3 is 2.74 bits per heavy atom. The van der Waals surface area contributed by atoms with Crippen molar-refractivity contribution in [1.82, 2.24) is 19.7 Å². The third kappa shape index (κ3) is 4.41. The number of hydrogen-bond donors (Lipinski definition) is 0. The van der Waals surface area contributed by atoms with Gasteiger partial charge < -0.3 is 8.83 Å². The van der Waals surface area contributed by atoms with E-state index in [0.717, 1.165) is 33.0 Å². The van der Waals surface area contributed by atoms with E-state index in [-0.39, 0.29) is 5.63 Å². The number of furan rings is 1. The second kappa shape index (κ2) is 9.30. The van der Waals surface area contributed by atoms with E-state index in [9.17, 15) is 4.79 Å². The van der Waals surface area contributed by atoms with Gasteiger partial charge in [-0.15, -0.1) is 10.2 Å². The summed E-state index contributed by atoms with van der Waals surface area (Å²) in [5.74, 6) is 2.43. The number of thioether (sulfide) groups is 1. The first kappa shape index (κ1) is 22.2. The summed E-state index contributed by atoms with van der Waals surface area (Å²) < 4.78 is 13.1. The molecule has 0 spiro atoms. The molecule has 0 fully saturated rings. The van der Waals surface area contributed by atoms with Crippen LogP contribution in [0.3, 0.4) is 0 Å². The van der Waals surface area contributed by atoms with E-state index in [0.29, 0.717) is 29.6 Å². The first-order valence-corrected chi connectivity index (χ1v) is 12.0. The van der Waals surface area contributed by atoms with Crippen LogP contribution >= 0.6 is 11.8 Å². The van der Waals surface area contributed by atoms with Crippen LogP contribution in [0.25, 0.3) is 22.4 Å². The van der Waals surface area contributed by atoms with E-state index < -0.39 is 0 Å². The molecule has 1 aromatic carbocycles. The maximum absolute atomic E-state index is 12.3. The molecule has 7 nitrogen and oxygen atoms in total. The second-order valence-corrected chi connectivity index (χ2v) is 9.39. The molecule has 172 valence electrons. The smallest absolute Gasteiger partial charge is 0.336 e. The molecule has 0 bridgehead atoms. The van der Waals surface area contributed by atoms with Gasteiger partial charge in [-0.2, -0.15) is 0 Å². The summed E-state index contributed by atoms with van der Waals surface area (Å²) >= 11 is 1.53. The number of fused-ring (bicyclic) bond motifs is 1. The van der Waals surface area contributed by atoms with Crippen LogP contribution in [0.15, 0.2) is 79.9 Å². The summed E-state index contributed by atoms with van der Waals surface area (Å²) in [6.07, 6.45) is 5.15. The fourth-order valence-corrected chi connectivity index (χ4v) is 5.01. The summed E-state index contributed by atoms with van der Waals surface area (Å²) in [5, 5.41) is 10.6. The SMILES string of the molecule is Cc1cc2oc(=O)cc(CSc3nnc(-c4cccnc4)n3Cc3ccco3)c2cc1C(C)C. The summed E-state index contributed by atoms with van der Waals surface area (Å²) in [6, 6.07) is 13.3. The molecule has 34 heavy (non-hydrogen) atoms. The van der Waals surface area contributed by atoms with Gasteiger partial charge >= 0.3 is 5.63 Å². The molecule has 0 aliphatic carbocycles. The van der Waals surface area contributed by atoms with Gasteiger partial charge in [-0.3, -0.25) is 9.55 Å². The molecular weight excluding hydrogens is 448 g/mol. The van der Waals surface area contributed by atoms with Gasteiger partial charge in [0.15, 0.2) is 11.0 Å². The van der Waals surface area contributed by atoms with Gasteiger partial charge in [0.05, 0.1) is 12.8 Å². The molecule has 0 saturated heterocycles. The predicted octanol–water partition coefficient (Wildman–Crippen LogP) is 5.81. The van der Waals surface area contributed by atoms with E-state index in [4.69, 9.17) is 8.83 Å². The lowest BCUT2D eigenvalue weighted by atomic mass is 9.95. The first-order chi connectivity index (χ1) is 16.5. The molecule has 5 rings (SSSR count). The highest BCUT2D eigenvalue weighted by Gasteiger charge is 2.18. The maximum atomic E-state index is 12.3. The number of benzene rings is 1. The summed E-state index contributed by atoms with van der Waals surface area (Å²) in [4.78, 5) is 16.5. The topological polar surface area (TPSA) is 87.0 Å². The zero-order valence-electron chi connectivity index (χ0n) is 19.2. The maximum Gasteiger partial charge on any atom is 0.336 e. The number of rotatable bonds is 7. The normalized spacial score (nSPS) is 11.5. The molecule has 5 aromatic rings. The van der Waals surface area contributed by atoms with Crippen LogP contribution in [-0.2, 0) is 12.3 Å². The molecule has 4 aromatic heterocycles. The Morgan fingerprint density at radius 2 is 2.00 bits per heavy atom. The van der Waals surface area contributed by atoms with Crippen molar-refractivity contribution < 1.29 is 8.83 Å². The summed E-state index contributed by atoms with van der Waals surface area (Å²) in [5.41, 5.74) is 4.40. The Kier molecular flexibility index (Phi) is 6.06. The van der Waals surface area contributed by atoms with Crippen molar-refractivity contribution in [2.24, 2.45) is 0 Å². The molecule has 0 N–H and O–H groups in total. The van der Waals surface area contributed by atoms with Gasteiger partial charge in [0.1, 0.15) is 11.3 Å². The van der Waals surface area contributed by atoms with Crippen LogP contribution in [-0.4, -0.2) is 19.7 Å². The molecule has 0 atom stereocenters. The monoisotopic (exact) mass is 472 g/mol. The molecule has 0 aliphatic heterocycles. The van der Waals surface area contributed by atoms with Crippen LogP contribution in [0, 0.1) is 6.92 Å². The number of aromatic nitrogens is 4. The summed E-state index contributed by atoms with van der Waals surface area (Å²) in [7, 11) is 0. The van der Waals surface area contributed by atoms with Crippen LogP contribution in [0.2, 0.25) is 0 Å². The minimum absolute atomic E-state index is 0.354. The van der Waals surface area contributed by atoms with Crippen LogP contribution in [0.4, 0.5) is 0 Å². The van der Waals surface area contributed by atoms with Gasteiger partial charge in [-0.1, -0.05) is 25.6 Å². The minimum Gasteiger partial charge on any atom is -0.467 e. The van der Waals surface area contributed by atoms with Crippen molar-refractivity contribution in [1.29, 1.82) is 0 Å². The van der Waals surface area contributed by atoms with Crippen molar-refractivity contribution in [2.45, 2.75) is 44.1 Å². The lowest BCUT2D eigenvalue weighted by Crippen LogP contribution is -2.05. The highest BCUT2D eigenvalue weighted by molar-refractivity contribution is 7.98. The zero-order valence-corrected chi connectivity index (χ0v) is 20.0. The van der Waals surface area contributed by atoms with Crippen LogP contribution < -0.4 is 5.63 Å². The summed E-state index contributed by atoms with van der Waals surface area (Å²) in [6.45, 7) is 6.87. The van der Waals surface area contributed by atoms with Crippen molar-refractivity contribution >= 4 is 22.7 Å². The number of aryl methyl sites for hydroxylation is 1. The molecule has 0 aliphatic rings. The third-order valence-electron chi connectivity index (χ3n) is 5.73. The molecule has 0 amide bonds. The number of pyridine rings is 1. The second-order valence-electron chi connectivity index (χ2n) is 8.45. The quantitative estimate of drug-likeness (QED) is 0.218. The van der Waals surface area contributed by atoms with Gasteiger partial charge in [0.2, 0.25) is 0 Å². The van der Waals surface area contributed by atoms with E-state index in [2.05, 4.69) is 35.1 Å². The van der Waals surface area contributed by atoms with E-state index in [1.165, 1.54) is 17.3 Å². The Labute approximate surface area is 200 Å². The minimum atomic E-state index is -0.354. The lowest BCUT2D eigenvalue weighted by molar-refractivity contribution is 0.485. The first-order valence-electron chi connectivity index (χ1n) is 11.1. The molecule has 0 unspecified atom stereocenters. The molecule has 8 heteroatoms. The fourth-order valence-electron chi connectivity index (χ4n) is 4.08. The number of hydrogen-bond acceptors (Lipinski definition) is 7. The standard InChI is InChI=1S/C26H24N4O3S/c1-16(2)21-12-22-19(11-24(31)33-23(22)10-17(21)3)15-34-26-29-28-25(18-6-4-8-27-13-18)30(26)14-20-7-5-9-32-20/h4-13,16H,14-15H2,1-3H3. The Morgan fingerprint density at radius 1 is 1.12 bits per heavy atom. The predicted molar refractivity (Wildman–Crippen MR) is 132 cm³/mol. The number of nitrogens with zero attached hydrogens (tertiary/aromatic N) is 4. The zero-order chi connectivity index (χ0) is 23.7. The molecule has 4 heterocycles. The Hall–Kier alpha value is -3.65. The average Bonchev–Trinajstić information content (AvgIpc) is 3.47. The van der Waals surface area contributed by atoms with Crippen molar-refractivity contribution in [3.05, 3.63) is 94.0 Å². The largest absolute Gasteiger partial charge is 0.467 e. The average molecular weight is 473 g/mol. The van der Waals surface area contributed by atoms with E-state index in [1.807, 2.05) is 41.8 Å². The lowest BCUT2D eigenvalue weighted by Gasteiger charge is -2.13. The molecule has 0 radical (unpaired) electrons. The van der Waals surface area contributed by atoms with E-state index >= 15 is 0 Å². The Bertz CT molecular complexity index is 1490. The highest BCUT2D eigenvalue weighted by Crippen LogP contribution is 2.31. The Balaban J connectivity index is 1.52. The van der Waals surface area contributed by atoms with Gasteiger partial charge in [0, 0.05) is 35.2 Å². The highest BCUT2D eigenvalue weighted by atomic mass is 32.2. The van der Waals surface area contributed by atoms with Crippen molar-refractivity contribution in [3.63, 3.8) is 0 Å². The van der Waals surface area contributed by atoms with Crippen molar-refractivity contribution in [3.8, 4) is 11.4 Å². The third-order valence-corrected chi connectivity index (χ3v) is 6.74. The van der Waals surface area contributed by atoms with Gasteiger partial charge in [0.25, 0.3) is 0 Å². The van der Waals surface area contributed by atoms with Crippen LogP contribution in [0.1, 0.15) is 42.2 Å². The van der Waals surface area contributed by atoms with Gasteiger partial charge in [-0.25, -0.2) is 4.79 Å². The van der Waals surface area contributed by atoms with Gasteiger partial charge in [-0.05, 0) is 65.9 Å². The fraction of sp³-hybridized carbons (Fsp3) is 0.231.